The Labute approximate surface area is 249 Å². The van der Waals surface area contributed by atoms with E-state index in [0.29, 0.717) is 34.1 Å². The maximum Gasteiger partial charge on any atom is 0.307 e. The smallest absolute Gasteiger partial charge is 0.307 e. The maximum atomic E-state index is 12.5. The molecule has 0 spiro atoms. The van der Waals surface area contributed by atoms with Gasteiger partial charge in [-0.15, -0.1) is 0 Å². The molecule has 2 heterocycles. The summed E-state index contributed by atoms with van der Waals surface area (Å²) in [4.78, 5) is 12.5. The first kappa shape index (κ1) is 28.8. The molecule has 0 bridgehead atoms. The number of rotatable bonds is 11. The Morgan fingerprint density at radius 3 is 2.44 bits per heavy atom. The van der Waals surface area contributed by atoms with Crippen molar-refractivity contribution in [1.29, 1.82) is 5.26 Å². The van der Waals surface area contributed by atoms with Gasteiger partial charge in [0, 0.05) is 22.6 Å². The molecule has 0 saturated heterocycles. The standard InChI is InChI=1S/C34H30N4O5/c1-23-8-9-24(2)38(23)28-11-13-29(14-12-28)41-22-30-15-17-32(43-30)34(39)37-36-20-25-10-16-31(33(18-25)40-3)42-21-27-7-5-4-6-26(27)19-35/h4-18,20H,21-22H2,1-3H3,(H,37,39)/b36-20+. The number of nitrogens with one attached hydrogen (secondary N) is 1. The van der Waals surface area contributed by atoms with Crippen molar-refractivity contribution >= 4 is 12.1 Å². The number of aryl methyl sites for hydroxylation is 2. The van der Waals surface area contributed by atoms with Crippen LogP contribution in [0.25, 0.3) is 5.69 Å². The lowest BCUT2D eigenvalue weighted by Crippen LogP contribution is -2.16. The molecule has 43 heavy (non-hydrogen) atoms. The molecule has 0 saturated carbocycles. The van der Waals surface area contributed by atoms with Gasteiger partial charge in [0.1, 0.15) is 24.7 Å². The van der Waals surface area contributed by atoms with E-state index in [-0.39, 0.29) is 19.0 Å². The van der Waals surface area contributed by atoms with E-state index in [0.717, 1.165) is 22.6 Å². The molecular weight excluding hydrogens is 544 g/mol. The lowest BCUT2D eigenvalue weighted by Gasteiger charge is -2.12. The van der Waals surface area contributed by atoms with Crippen molar-refractivity contribution in [2.24, 2.45) is 5.10 Å². The maximum absolute atomic E-state index is 12.5. The number of benzene rings is 3. The number of hydrogen-bond acceptors (Lipinski definition) is 7. The fourth-order valence-corrected chi connectivity index (χ4v) is 4.51. The number of furan rings is 1. The molecule has 0 aliphatic heterocycles. The van der Waals surface area contributed by atoms with Gasteiger partial charge >= 0.3 is 5.91 Å². The third kappa shape index (κ3) is 6.94. The minimum atomic E-state index is -0.493. The van der Waals surface area contributed by atoms with Gasteiger partial charge < -0.3 is 23.2 Å². The molecular formula is C34H30N4O5. The summed E-state index contributed by atoms with van der Waals surface area (Å²) >= 11 is 0. The van der Waals surface area contributed by atoms with Crippen LogP contribution in [0.2, 0.25) is 0 Å². The normalized spacial score (nSPS) is 10.8. The monoisotopic (exact) mass is 574 g/mol. The number of amides is 1. The highest BCUT2D eigenvalue weighted by atomic mass is 16.5. The van der Waals surface area contributed by atoms with E-state index >= 15 is 0 Å². The van der Waals surface area contributed by atoms with Crippen molar-refractivity contribution in [1.82, 2.24) is 9.99 Å². The van der Waals surface area contributed by atoms with Gasteiger partial charge in [-0.3, -0.25) is 4.79 Å². The van der Waals surface area contributed by atoms with Crippen LogP contribution in [0, 0.1) is 25.2 Å². The second-order valence-electron chi connectivity index (χ2n) is 9.67. The number of ether oxygens (including phenoxy) is 3. The lowest BCUT2D eigenvalue weighted by molar-refractivity contribution is 0.0923. The van der Waals surface area contributed by atoms with Crippen LogP contribution in [0.3, 0.4) is 0 Å². The third-order valence-corrected chi connectivity index (χ3v) is 6.72. The molecule has 1 N–H and O–H groups in total. The fraction of sp³-hybridized carbons (Fsp3) is 0.147. The summed E-state index contributed by atoms with van der Waals surface area (Å²) in [5.74, 6) is 1.83. The SMILES string of the molecule is COc1cc(/C=N/NC(=O)c2ccc(COc3ccc(-n4c(C)ccc4C)cc3)o2)ccc1OCc1ccccc1C#N. The van der Waals surface area contributed by atoms with Crippen LogP contribution < -0.4 is 19.6 Å². The molecule has 9 nitrogen and oxygen atoms in total. The molecule has 3 aromatic carbocycles. The topological polar surface area (TPSA) is 111 Å². The highest BCUT2D eigenvalue weighted by molar-refractivity contribution is 5.92. The molecule has 0 fully saturated rings. The molecule has 5 aromatic rings. The van der Waals surface area contributed by atoms with Crippen molar-refractivity contribution in [3.8, 4) is 29.0 Å². The summed E-state index contributed by atoms with van der Waals surface area (Å²) in [7, 11) is 1.53. The second kappa shape index (κ2) is 13.3. The van der Waals surface area contributed by atoms with Gasteiger partial charge in [0.05, 0.1) is 25.0 Å². The van der Waals surface area contributed by atoms with Gasteiger partial charge in [-0.1, -0.05) is 18.2 Å². The number of nitriles is 1. The minimum absolute atomic E-state index is 0.114. The first-order valence-corrected chi connectivity index (χ1v) is 13.5. The van der Waals surface area contributed by atoms with Gasteiger partial charge in [0.25, 0.3) is 0 Å². The average molecular weight is 575 g/mol. The van der Waals surface area contributed by atoms with Gasteiger partial charge in [-0.25, -0.2) is 5.43 Å². The molecule has 216 valence electrons. The zero-order valence-corrected chi connectivity index (χ0v) is 24.0. The summed E-state index contributed by atoms with van der Waals surface area (Å²) in [6.45, 7) is 4.53. The molecule has 2 aromatic heterocycles. The van der Waals surface area contributed by atoms with Gasteiger partial charge in [-0.05, 0) is 92.2 Å². The Morgan fingerprint density at radius 1 is 0.930 bits per heavy atom. The number of carbonyl (C=O) groups excluding carboxylic acids is 1. The van der Waals surface area contributed by atoms with E-state index in [1.165, 1.54) is 13.3 Å². The number of hydrogen-bond donors (Lipinski definition) is 1. The van der Waals surface area contributed by atoms with Crippen LogP contribution in [0.4, 0.5) is 0 Å². The highest BCUT2D eigenvalue weighted by Gasteiger charge is 2.12. The van der Waals surface area contributed by atoms with Crippen LogP contribution in [0.1, 0.15) is 44.4 Å². The van der Waals surface area contributed by atoms with Crippen molar-refractivity contribution in [2.75, 3.05) is 7.11 Å². The summed E-state index contributed by atoms with van der Waals surface area (Å²) < 4.78 is 25.0. The minimum Gasteiger partial charge on any atom is -0.493 e. The van der Waals surface area contributed by atoms with E-state index in [2.05, 4.69) is 47.1 Å². The Balaban J connectivity index is 1.13. The second-order valence-corrected chi connectivity index (χ2v) is 9.67. The Bertz CT molecular complexity index is 1770. The third-order valence-electron chi connectivity index (χ3n) is 6.72. The van der Waals surface area contributed by atoms with E-state index in [1.807, 2.05) is 42.5 Å². The summed E-state index contributed by atoms with van der Waals surface area (Å²) in [5.41, 5.74) is 7.87. The number of hydrazone groups is 1. The largest absolute Gasteiger partial charge is 0.493 e. The van der Waals surface area contributed by atoms with Crippen LogP contribution in [0.5, 0.6) is 17.2 Å². The van der Waals surface area contributed by atoms with Gasteiger partial charge in [0.15, 0.2) is 17.3 Å². The van der Waals surface area contributed by atoms with Crippen molar-refractivity contribution < 1.29 is 23.4 Å². The lowest BCUT2D eigenvalue weighted by atomic mass is 10.1. The Kier molecular flexibility index (Phi) is 8.88. The Hall–Kier alpha value is -5.75. The van der Waals surface area contributed by atoms with Crippen LogP contribution >= 0.6 is 0 Å². The molecule has 0 atom stereocenters. The molecule has 0 radical (unpaired) electrons. The van der Waals surface area contributed by atoms with Crippen molar-refractivity contribution in [3.63, 3.8) is 0 Å². The van der Waals surface area contributed by atoms with Gasteiger partial charge in [-0.2, -0.15) is 10.4 Å². The summed E-state index contributed by atoms with van der Waals surface area (Å²) in [6, 6.07) is 29.9. The van der Waals surface area contributed by atoms with Crippen LogP contribution in [0.15, 0.2) is 101 Å². The quantitative estimate of drug-likeness (QED) is 0.143. The molecule has 0 aliphatic carbocycles. The summed E-state index contributed by atoms with van der Waals surface area (Å²) in [6.07, 6.45) is 1.49. The van der Waals surface area contributed by atoms with Crippen molar-refractivity contribution in [2.45, 2.75) is 27.1 Å². The molecule has 9 heteroatoms. The first-order valence-electron chi connectivity index (χ1n) is 13.5. The van der Waals surface area contributed by atoms with E-state index in [9.17, 15) is 10.1 Å². The average Bonchev–Trinajstić information content (AvgIpc) is 3.65. The predicted molar refractivity (Wildman–Crippen MR) is 162 cm³/mol. The van der Waals surface area contributed by atoms with E-state index in [4.69, 9.17) is 18.6 Å². The van der Waals surface area contributed by atoms with Gasteiger partial charge in [0.2, 0.25) is 0 Å². The Morgan fingerprint density at radius 2 is 1.70 bits per heavy atom. The first-order chi connectivity index (χ1) is 20.9. The number of methoxy groups -OCH3 is 1. The molecule has 0 unspecified atom stereocenters. The molecule has 5 rings (SSSR count). The van der Waals surface area contributed by atoms with E-state index in [1.54, 1.807) is 36.4 Å². The molecule has 0 aliphatic rings. The number of carbonyl (C=O) groups is 1. The zero-order valence-electron chi connectivity index (χ0n) is 24.0. The van der Waals surface area contributed by atoms with Crippen molar-refractivity contribution in [3.05, 3.63) is 131 Å². The van der Waals surface area contributed by atoms with Crippen LogP contribution in [-0.2, 0) is 13.2 Å². The molecule has 1 amide bonds. The fourth-order valence-electron chi connectivity index (χ4n) is 4.51. The van der Waals surface area contributed by atoms with E-state index < -0.39 is 5.91 Å². The highest BCUT2D eigenvalue weighted by Crippen LogP contribution is 2.29. The van der Waals surface area contributed by atoms with Crippen LogP contribution in [-0.4, -0.2) is 23.8 Å². The summed E-state index contributed by atoms with van der Waals surface area (Å²) in [5, 5.41) is 13.3. The zero-order chi connectivity index (χ0) is 30.2. The predicted octanol–water partition coefficient (Wildman–Crippen LogP) is 6.49. The number of nitrogens with zero attached hydrogens (tertiary/aromatic N) is 3. The number of aromatic nitrogens is 1.